The number of carbonyl (C=O) groups is 2. The summed E-state index contributed by atoms with van der Waals surface area (Å²) in [5.41, 5.74) is 0.974. The molecule has 114 valence electrons. The second-order valence-electron chi connectivity index (χ2n) is 5.58. The van der Waals surface area contributed by atoms with Crippen LogP contribution in [0.25, 0.3) is 0 Å². The average Bonchev–Trinajstić information content (AvgIpc) is 3.18. The molecule has 0 spiro atoms. The third-order valence-corrected chi connectivity index (χ3v) is 4.43. The Bertz CT molecular complexity index is 574. The van der Waals surface area contributed by atoms with Gasteiger partial charge in [-0.2, -0.15) is 0 Å². The molecule has 1 aromatic rings. The van der Waals surface area contributed by atoms with E-state index >= 15 is 0 Å². The number of amides is 1. The summed E-state index contributed by atoms with van der Waals surface area (Å²) in [6.45, 7) is 3.37. The minimum absolute atomic E-state index is 0.0994. The van der Waals surface area contributed by atoms with E-state index in [1.165, 1.54) is 4.90 Å². The lowest BCUT2D eigenvalue weighted by Crippen LogP contribution is -2.41. The summed E-state index contributed by atoms with van der Waals surface area (Å²) in [6, 6.07) is 5.22. The fourth-order valence-electron chi connectivity index (χ4n) is 2.45. The number of rotatable bonds is 5. The molecule has 0 heterocycles. The maximum Gasteiger partial charge on any atom is 0.323 e. The van der Waals surface area contributed by atoms with Crippen molar-refractivity contribution in [3.05, 3.63) is 33.8 Å². The standard InChI is InChI=1S/C15H17Cl2NO3/c1-8(2)18(7-14(19)20)15(21)11-6-10(11)9-3-4-12(16)13(17)5-9/h3-5,8,10-11H,6-7H2,1-2H3,(H,19,20). The Morgan fingerprint density at radius 3 is 2.52 bits per heavy atom. The Labute approximate surface area is 133 Å². The summed E-state index contributed by atoms with van der Waals surface area (Å²) in [6.07, 6.45) is 0.722. The van der Waals surface area contributed by atoms with E-state index in [1.54, 1.807) is 12.1 Å². The maximum atomic E-state index is 12.4. The van der Waals surface area contributed by atoms with Crippen LogP contribution in [-0.4, -0.2) is 34.5 Å². The largest absolute Gasteiger partial charge is 0.480 e. The molecule has 0 aromatic heterocycles. The topological polar surface area (TPSA) is 57.6 Å². The summed E-state index contributed by atoms with van der Waals surface area (Å²) in [4.78, 5) is 24.7. The van der Waals surface area contributed by atoms with Crippen molar-refractivity contribution in [2.45, 2.75) is 32.2 Å². The molecular formula is C15H17Cl2NO3. The molecule has 2 rings (SSSR count). The number of carboxylic acid groups (broad SMARTS) is 1. The zero-order valence-corrected chi connectivity index (χ0v) is 13.4. The molecule has 1 aromatic carbocycles. The quantitative estimate of drug-likeness (QED) is 0.900. The molecule has 1 saturated carbocycles. The molecule has 0 aliphatic heterocycles. The minimum Gasteiger partial charge on any atom is -0.480 e. The SMILES string of the molecule is CC(C)N(CC(=O)O)C(=O)C1CC1c1ccc(Cl)c(Cl)c1. The second-order valence-corrected chi connectivity index (χ2v) is 6.39. The van der Waals surface area contributed by atoms with E-state index in [0.29, 0.717) is 10.0 Å². The van der Waals surface area contributed by atoms with Crippen molar-refractivity contribution in [3.63, 3.8) is 0 Å². The molecule has 4 nitrogen and oxygen atoms in total. The molecular weight excluding hydrogens is 313 g/mol. The van der Waals surface area contributed by atoms with Gasteiger partial charge in [0.1, 0.15) is 6.54 Å². The van der Waals surface area contributed by atoms with Gasteiger partial charge >= 0.3 is 5.97 Å². The molecule has 1 aliphatic rings. The second kappa shape index (κ2) is 6.24. The fourth-order valence-corrected chi connectivity index (χ4v) is 2.76. The summed E-state index contributed by atoms with van der Waals surface area (Å²) >= 11 is 11.9. The smallest absolute Gasteiger partial charge is 0.323 e. The molecule has 1 N–H and O–H groups in total. The first-order valence-corrected chi connectivity index (χ1v) is 7.54. The van der Waals surface area contributed by atoms with Crippen LogP contribution in [0.1, 0.15) is 31.7 Å². The lowest BCUT2D eigenvalue weighted by Gasteiger charge is -2.25. The molecule has 1 amide bonds. The van der Waals surface area contributed by atoms with Gasteiger partial charge in [0.2, 0.25) is 5.91 Å². The minimum atomic E-state index is -0.996. The van der Waals surface area contributed by atoms with E-state index in [2.05, 4.69) is 0 Å². The Kier molecular flexibility index (Phi) is 4.79. The zero-order chi connectivity index (χ0) is 15.7. The van der Waals surface area contributed by atoms with Crippen LogP contribution in [0.15, 0.2) is 18.2 Å². The van der Waals surface area contributed by atoms with Crippen molar-refractivity contribution in [3.8, 4) is 0 Å². The Morgan fingerprint density at radius 2 is 2.00 bits per heavy atom. The number of carboxylic acids is 1. The van der Waals surface area contributed by atoms with Crippen molar-refractivity contribution < 1.29 is 14.7 Å². The van der Waals surface area contributed by atoms with Crippen LogP contribution in [-0.2, 0) is 9.59 Å². The monoisotopic (exact) mass is 329 g/mol. The Balaban J connectivity index is 2.08. The molecule has 2 atom stereocenters. The van der Waals surface area contributed by atoms with Crippen LogP contribution >= 0.6 is 23.2 Å². The van der Waals surface area contributed by atoms with E-state index in [4.69, 9.17) is 28.3 Å². The van der Waals surface area contributed by atoms with Crippen molar-refractivity contribution in [1.82, 2.24) is 4.90 Å². The first kappa shape index (κ1) is 16.1. The first-order valence-electron chi connectivity index (χ1n) is 6.78. The van der Waals surface area contributed by atoms with Gasteiger partial charge in [0.05, 0.1) is 10.0 Å². The molecule has 2 unspecified atom stereocenters. The van der Waals surface area contributed by atoms with E-state index in [0.717, 1.165) is 12.0 Å². The maximum absolute atomic E-state index is 12.4. The van der Waals surface area contributed by atoms with Crippen LogP contribution in [0.3, 0.4) is 0 Å². The third-order valence-electron chi connectivity index (χ3n) is 3.69. The lowest BCUT2D eigenvalue weighted by molar-refractivity contribution is -0.146. The fraction of sp³-hybridized carbons (Fsp3) is 0.467. The van der Waals surface area contributed by atoms with E-state index in [-0.39, 0.29) is 30.3 Å². The third kappa shape index (κ3) is 3.69. The van der Waals surface area contributed by atoms with Crippen molar-refractivity contribution in [2.75, 3.05) is 6.54 Å². The summed E-state index contributed by atoms with van der Waals surface area (Å²) in [5.74, 6) is -1.17. The number of hydrogen-bond acceptors (Lipinski definition) is 2. The highest BCUT2D eigenvalue weighted by Crippen LogP contribution is 2.49. The highest BCUT2D eigenvalue weighted by molar-refractivity contribution is 6.42. The first-order chi connectivity index (χ1) is 9.81. The molecule has 1 aliphatic carbocycles. The zero-order valence-electron chi connectivity index (χ0n) is 11.8. The van der Waals surface area contributed by atoms with Gasteiger partial charge in [-0.3, -0.25) is 9.59 Å². The van der Waals surface area contributed by atoms with Gasteiger partial charge in [0.25, 0.3) is 0 Å². The molecule has 0 radical (unpaired) electrons. The summed E-state index contributed by atoms with van der Waals surface area (Å²) in [7, 11) is 0. The van der Waals surface area contributed by atoms with Gasteiger partial charge in [-0.1, -0.05) is 29.3 Å². The number of halogens is 2. The van der Waals surface area contributed by atoms with Crippen LogP contribution < -0.4 is 0 Å². The van der Waals surface area contributed by atoms with Gasteiger partial charge in [-0.25, -0.2) is 0 Å². The number of carbonyl (C=O) groups excluding carboxylic acids is 1. The van der Waals surface area contributed by atoms with Gasteiger partial charge in [0.15, 0.2) is 0 Å². The molecule has 6 heteroatoms. The van der Waals surface area contributed by atoms with E-state index in [9.17, 15) is 9.59 Å². The molecule has 21 heavy (non-hydrogen) atoms. The number of nitrogens with zero attached hydrogens (tertiary/aromatic N) is 1. The highest BCUT2D eigenvalue weighted by Gasteiger charge is 2.46. The number of benzene rings is 1. The normalized spacial score (nSPS) is 20.4. The van der Waals surface area contributed by atoms with Crippen LogP contribution in [0.4, 0.5) is 0 Å². The van der Waals surface area contributed by atoms with Crippen molar-refractivity contribution in [1.29, 1.82) is 0 Å². The van der Waals surface area contributed by atoms with Crippen LogP contribution in [0.2, 0.25) is 10.0 Å². The van der Waals surface area contributed by atoms with Crippen LogP contribution in [0.5, 0.6) is 0 Å². The van der Waals surface area contributed by atoms with E-state index < -0.39 is 5.97 Å². The summed E-state index contributed by atoms with van der Waals surface area (Å²) < 4.78 is 0. The molecule has 0 saturated heterocycles. The molecule has 0 bridgehead atoms. The van der Waals surface area contributed by atoms with Gasteiger partial charge < -0.3 is 10.0 Å². The Hall–Kier alpha value is -1.26. The van der Waals surface area contributed by atoms with Crippen LogP contribution in [0, 0.1) is 5.92 Å². The molecule has 1 fully saturated rings. The number of hydrogen-bond donors (Lipinski definition) is 1. The van der Waals surface area contributed by atoms with Crippen molar-refractivity contribution >= 4 is 35.1 Å². The van der Waals surface area contributed by atoms with Crippen molar-refractivity contribution in [2.24, 2.45) is 5.92 Å². The highest BCUT2D eigenvalue weighted by atomic mass is 35.5. The van der Waals surface area contributed by atoms with Gasteiger partial charge in [-0.05, 0) is 43.9 Å². The summed E-state index contributed by atoms with van der Waals surface area (Å²) in [5, 5.41) is 9.86. The predicted molar refractivity (Wildman–Crippen MR) is 81.8 cm³/mol. The Morgan fingerprint density at radius 1 is 1.33 bits per heavy atom. The average molecular weight is 330 g/mol. The van der Waals surface area contributed by atoms with Gasteiger partial charge in [0, 0.05) is 12.0 Å². The van der Waals surface area contributed by atoms with E-state index in [1.807, 2.05) is 19.9 Å². The lowest BCUT2D eigenvalue weighted by atomic mass is 10.1. The predicted octanol–water partition coefficient (Wildman–Crippen LogP) is 3.42. The number of aliphatic carboxylic acids is 1. The van der Waals surface area contributed by atoms with Gasteiger partial charge in [-0.15, -0.1) is 0 Å².